The Hall–Kier alpha value is -1.44. The zero-order valence-electron chi connectivity index (χ0n) is 10.8. The third kappa shape index (κ3) is 3.00. The van der Waals surface area contributed by atoms with E-state index in [9.17, 15) is 15.3 Å². The van der Waals surface area contributed by atoms with Crippen LogP contribution in [-0.2, 0) is 4.74 Å². The average molecular weight is 282 g/mol. The van der Waals surface area contributed by atoms with E-state index in [0.717, 1.165) is 5.56 Å². The van der Waals surface area contributed by atoms with Gasteiger partial charge >= 0.3 is 0 Å². The van der Waals surface area contributed by atoms with Crippen molar-refractivity contribution in [3.8, 4) is 5.75 Å². The van der Waals surface area contributed by atoms with Crippen molar-refractivity contribution < 1.29 is 29.9 Å². The lowest BCUT2D eigenvalue weighted by molar-refractivity contribution is -0.277. The minimum Gasteiger partial charge on any atom is -0.462 e. The Kier molecular flexibility index (Phi) is 4.74. The van der Waals surface area contributed by atoms with E-state index in [1.807, 2.05) is 0 Å². The number of ether oxygens (including phenoxy) is 2. The van der Waals surface area contributed by atoms with Gasteiger partial charge in [0.15, 0.2) is 0 Å². The van der Waals surface area contributed by atoms with Crippen LogP contribution in [0.25, 0.3) is 6.08 Å². The lowest BCUT2D eigenvalue weighted by atomic mass is 9.99. The highest BCUT2D eigenvalue weighted by atomic mass is 16.7. The van der Waals surface area contributed by atoms with Crippen LogP contribution in [0.3, 0.4) is 0 Å². The van der Waals surface area contributed by atoms with E-state index in [-0.39, 0.29) is 0 Å². The van der Waals surface area contributed by atoms with Gasteiger partial charge < -0.3 is 29.9 Å². The molecule has 0 radical (unpaired) electrons. The fourth-order valence-corrected chi connectivity index (χ4v) is 1.98. The second-order valence-electron chi connectivity index (χ2n) is 4.59. The van der Waals surface area contributed by atoms with Crippen LogP contribution < -0.4 is 4.74 Å². The lowest BCUT2D eigenvalue weighted by Gasteiger charge is -2.39. The van der Waals surface area contributed by atoms with Crippen LogP contribution in [0, 0.1) is 0 Å². The maximum Gasteiger partial charge on any atom is 0.229 e. The third-order valence-corrected chi connectivity index (χ3v) is 3.22. The van der Waals surface area contributed by atoms with Crippen LogP contribution in [0.15, 0.2) is 30.8 Å². The molecule has 20 heavy (non-hydrogen) atoms. The summed E-state index contributed by atoms with van der Waals surface area (Å²) >= 11 is 0. The number of rotatable bonds is 4. The van der Waals surface area contributed by atoms with Crippen molar-refractivity contribution in [2.45, 2.75) is 30.7 Å². The molecule has 0 saturated carbocycles. The molecule has 0 amide bonds. The van der Waals surface area contributed by atoms with Gasteiger partial charge in [0.2, 0.25) is 6.29 Å². The molecule has 4 N–H and O–H groups in total. The fourth-order valence-electron chi connectivity index (χ4n) is 1.98. The first-order valence-corrected chi connectivity index (χ1v) is 6.26. The SMILES string of the molecule is C=Cc1ccc(OC2O[C@H](CO)[C@@H](O)[C@H](O)[C@H]2O)cc1. The molecule has 5 atom stereocenters. The third-order valence-electron chi connectivity index (χ3n) is 3.22. The highest BCUT2D eigenvalue weighted by Gasteiger charge is 2.44. The van der Waals surface area contributed by atoms with E-state index in [1.54, 1.807) is 30.3 Å². The molecule has 2 rings (SSSR count). The Bertz CT molecular complexity index is 443. The maximum absolute atomic E-state index is 9.83. The van der Waals surface area contributed by atoms with Crippen LogP contribution in [0.2, 0.25) is 0 Å². The van der Waals surface area contributed by atoms with E-state index in [1.165, 1.54) is 0 Å². The molecule has 1 aromatic carbocycles. The molecule has 0 spiro atoms. The quantitative estimate of drug-likeness (QED) is 0.594. The first-order valence-electron chi connectivity index (χ1n) is 6.26. The van der Waals surface area contributed by atoms with Gasteiger partial charge in [-0.05, 0) is 17.7 Å². The number of hydrogen-bond donors (Lipinski definition) is 4. The predicted molar refractivity (Wildman–Crippen MR) is 70.9 cm³/mol. The predicted octanol–water partition coefficient (Wildman–Crippen LogP) is -0.492. The molecule has 1 saturated heterocycles. The summed E-state index contributed by atoms with van der Waals surface area (Å²) in [6.07, 6.45) is -4.72. The van der Waals surface area contributed by atoms with Crippen molar-refractivity contribution in [3.05, 3.63) is 36.4 Å². The van der Waals surface area contributed by atoms with Crippen LogP contribution in [0.4, 0.5) is 0 Å². The Morgan fingerprint density at radius 1 is 1.10 bits per heavy atom. The molecule has 1 heterocycles. The number of aliphatic hydroxyl groups is 4. The smallest absolute Gasteiger partial charge is 0.229 e. The Morgan fingerprint density at radius 2 is 1.75 bits per heavy atom. The molecule has 1 fully saturated rings. The van der Waals surface area contributed by atoms with Gasteiger partial charge in [-0.1, -0.05) is 24.8 Å². The minimum absolute atomic E-state index is 0.430. The highest BCUT2D eigenvalue weighted by Crippen LogP contribution is 2.24. The van der Waals surface area contributed by atoms with E-state index < -0.39 is 37.3 Å². The van der Waals surface area contributed by atoms with Crippen LogP contribution >= 0.6 is 0 Å². The lowest BCUT2D eigenvalue weighted by Crippen LogP contribution is -2.60. The second kappa shape index (κ2) is 6.34. The maximum atomic E-state index is 9.83. The largest absolute Gasteiger partial charge is 0.462 e. The van der Waals surface area contributed by atoms with E-state index in [2.05, 4.69) is 6.58 Å². The molecule has 1 aromatic rings. The molecular formula is C14H18O6. The van der Waals surface area contributed by atoms with Gasteiger partial charge in [0.25, 0.3) is 0 Å². The molecule has 110 valence electrons. The standard InChI is InChI=1S/C14H18O6/c1-2-8-3-5-9(6-4-8)19-14-13(18)12(17)11(16)10(7-15)20-14/h2-6,10-18H,1,7H2/t10-,11-,12+,13-,14?/m1/s1. The number of benzene rings is 1. The van der Waals surface area contributed by atoms with Gasteiger partial charge in [-0.15, -0.1) is 0 Å². The highest BCUT2D eigenvalue weighted by molar-refractivity contribution is 5.48. The summed E-state index contributed by atoms with van der Waals surface area (Å²) in [5, 5.41) is 38.2. The van der Waals surface area contributed by atoms with Crippen LogP contribution in [0.5, 0.6) is 5.75 Å². The van der Waals surface area contributed by atoms with Crippen molar-refractivity contribution in [1.82, 2.24) is 0 Å². The summed E-state index contributed by atoms with van der Waals surface area (Å²) in [5.41, 5.74) is 0.908. The monoisotopic (exact) mass is 282 g/mol. The summed E-state index contributed by atoms with van der Waals surface area (Å²) in [5.74, 6) is 0.430. The summed E-state index contributed by atoms with van der Waals surface area (Å²) in [6, 6.07) is 6.87. The molecule has 6 heteroatoms. The molecule has 1 aliphatic rings. The molecule has 0 aromatic heterocycles. The van der Waals surface area contributed by atoms with E-state index >= 15 is 0 Å². The zero-order valence-corrected chi connectivity index (χ0v) is 10.8. The summed E-state index contributed by atoms with van der Waals surface area (Å²) < 4.78 is 10.7. The van der Waals surface area contributed by atoms with Crippen LogP contribution in [0.1, 0.15) is 5.56 Å². The summed E-state index contributed by atoms with van der Waals surface area (Å²) in [6.45, 7) is 3.15. The van der Waals surface area contributed by atoms with Crippen molar-refractivity contribution in [2.75, 3.05) is 6.61 Å². The van der Waals surface area contributed by atoms with Gasteiger partial charge in [-0.25, -0.2) is 0 Å². The van der Waals surface area contributed by atoms with Crippen molar-refractivity contribution in [3.63, 3.8) is 0 Å². The average Bonchev–Trinajstić information content (AvgIpc) is 2.48. The molecule has 6 nitrogen and oxygen atoms in total. The first-order chi connectivity index (χ1) is 9.56. The zero-order chi connectivity index (χ0) is 14.7. The summed E-state index contributed by atoms with van der Waals surface area (Å²) in [4.78, 5) is 0. The second-order valence-corrected chi connectivity index (χ2v) is 4.59. The minimum atomic E-state index is -1.45. The van der Waals surface area contributed by atoms with Gasteiger partial charge in [-0.3, -0.25) is 0 Å². The first kappa shape index (κ1) is 15.0. The van der Waals surface area contributed by atoms with E-state index in [0.29, 0.717) is 5.75 Å². The van der Waals surface area contributed by atoms with Crippen molar-refractivity contribution >= 4 is 6.08 Å². The topological polar surface area (TPSA) is 99.4 Å². The van der Waals surface area contributed by atoms with E-state index in [4.69, 9.17) is 14.6 Å². The summed E-state index contributed by atoms with van der Waals surface area (Å²) in [7, 11) is 0. The molecule has 0 aliphatic carbocycles. The Balaban J connectivity index is 2.08. The molecule has 0 bridgehead atoms. The van der Waals surface area contributed by atoms with Crippen molar-refractivity contribution in [1.29, 1.82) is 0 Å². The Morgan fingerprint density at radius 3 is 2.30 bits per heavy atom. The number of aliphatic hydroxyl groups excluding tert-OH is 4. The Labute approximate surface area is 116 Å². The van der Waals surface area contributed by atoms with Gasteiger partial charge in [0.05, 0.1) is 6.61 Å². The number of hydrogen-bond acceptors (Lipinski definition) is 6. The fraction of sp³-hybridized carbons (Fsp3) is 0.429. The molecular weight excluding hydrogens is 264 g/mol. The van der Waals surface area contributed by atoms with Crippen LogP contribution in [-0.4, -0.2) is 57.7 Å². The van der Waals surface area contributed by atoms with Crippen molar-refractivity contribution in [2.24, 2.45) is 0 Å². The molecule has 1 aliphatic heterocycles. The van der Waals surface area contributed by atoms with Gasteiger partial charge in [-0.2, -0.15) is 0 Å². The van der Waals surface area contributed by atoms with Gasteiger partial charge in [0.1, 0.15) is 30.2 Å². The van der Waals surface area contributed by atoms with Gasteiger partial charge in [0, 0.05) is 0 Å². The normalized spacial score (nSPS) is 33.7. The molecule has 1 unspecified atom stereocenters.